The Kier molecular flexibility index (Phi) is 3.21. The second-order valence-corrected chi connectivity index (χ2v) is 7.19. The van der Waals surface area contributed by atoms with Crippen LogP contribution < -0.4 is 0 Å². The first-order chi connectivity index (χ1) is 8.22. The van der Waals surface area contributed by atoms with Crippen molar-refractivity contribution in [1.29, 1.82) is 0 Å². The van der Waals surface area contributed by atoms with Gasteiger partial charge in [0.25, 0.3) is 0 Å². The predicted molar refractivity (Wildman–Crippen MR) is 71.8 cm³/mol. The number of likely N-dealkylation sites (tertiary alicyclic amines) is 1. The molecule has 17 heavy (non-hydrogen) atoms. The van der Waals surface area contributed by atoms with Gasteiger partial charge in [0.2, 0.25) is 5.91 Å². The van der Waals surface area contributed by atoms with E-state index in [1.54, 1.807) is 0 Å². The van der Waals surface area contributed by atoms with Gasteiger partial charge in [0.05, 0.1) is 10.7 Å². The van der Waals surface area contributed by atoms with Gasteiger partial charge in [0.1, 0.15) is 0 Å². The van der Waals surface area contributed by atoms with Crippen LogP contribution in [-0.4, -0.2) is 33.7 Å². The highest BCUT2D eigenvalue weighted by Crippen LogP contribution is 2.28. The van der Waals surface area contributed by atoms with E-state index < -0.39 is 0 Å². The Morgan fingerprint density at radius 1 is 1.47 bits per heavy atom. The first kappa shape index (κ1) is 11.7. The van der Waals surface area contributed by atoms with Crippen molar-refractivity contribution in [2.75, 3.05) is 13.1 Å². The highest BCUT2D eigenvalue weighted by molar-refractivity contribution is 9.09. The fourth-order valence-corrected chi connectivity index (χ4v) is 4.29. The van der Waals surface area contributed by atoms with Crippen LogP contribution in [-0.2, 0) is 24.1 Å². The maximum atomic E-state index is 11.6. The Morgan fingerprint density at radius 2 is 2.35 bits per heavy atom. The molecule has 1 aromatic rings. The van der Waals surface area contributed by atoms with Crippen LogP contribution in [0.1, 0.15) is 28.4 Å². The molecular formula is C12H15BrN2OS. The van der Waals surface area contributed by atoms with E-state index in [1.165, 1.54) is 28.4 Å². The minimum Gasteiger partial charge on any atom is -0.341 e. The van der Waals surface area contributed by atoms with Crippen molar-refractivity contribution >= 4 is 33.2 Å². The molecule has 1 unspecified atom stereocenters. The number of carbonyl (C=O) groups excluding carboxylic acids is 1. The number of fused-ring (bicyclic) bond motifs is 1. The van der Waals surface area contributed by atoms with Gasteiger partial charge in [0.15, 0.2) is 0 Å². The van der Waals surface area contributed by atoms with E-state index in [0.717, 1.165) is 25.9 Å². The summed E-state index contributed by atoms with van der Waals surface area (Å²) in [5.41, 5.74) is 1.32. The van der Waals surface area contributed by atoms with Crippen molar-refractivity contribution < 1.29 is 4.79 Å². The van der Waals surface area contributed by atoms with E-state index in [2.05, 4.69) is 20.9 Å². The van der Waals surface area contributed by atoms with E-state index >= 15 is 0 Å². The molecule has 3 rings (SSSR count). The number of aromatic nitrogens is 1. The summed E-state index contributed by atoms with van der Waals surface area (Å²) in [6.45, 7) is 1.68. The molecule has 3 nitrogen and oxygen atoms in total. The smallest absolute Gasteiger partial charge is 0.223 e. The van der Waals surface area contributed by atoms with E-state index in [1.807, 2.05) is 16.2 Å². The summed E-state index contributed by atoms with van der Waals surface area (Å²) >= 11 is 5.35. The summed E-state index contributed by atoms with van der Waals surface area (Å²) in [5.74, 6) is 0.274. The van der Waals surface area contributed by atoms with Crippen molar-refractivity contribution in [2.45, 2.75) is 36.9 Å². The zero-order chi connectivity index (χ0) is 11.8. The minimum absolute atomic E-state index is 0.274. The number of hydrogen-bond acceptors (Lipinski definition) is 3. The normalized spacial score (nSPS) is 23.5. The van der Waals surface area contributed by atoms with Gasteiger partial charge in [-0.05, 0) is 19.3 Å². The number of alkyl halides is 1. The molecule has 0 bridgehead atoms. The van der Waals surface area contributed by atoms with Crippen LogP contribution in [0.25, 0.3) is 0 Å². The minimum atomic E-state index is 0.274. The molecule has 0 spiro atoms. The number of aryl methyl sites for hydroxylation is 2. The summed E-state index contributed by atoms with van der Waals surface area (Å²) in [6.07, 6.45) is 5.19. The van der Waals surface area contributed by atoms with Crippen LogP contribution in [0, 0.1) is 0 Å². The predicted octanol–water partition coefficient (Wildman–Crippen LogP) is 2.17. The van der Waals surface area contributed by atoms with E-state index in [-0.39, 0.29) is 5.91 Å². The average Bonchev–Trinajstić information content (AvgIpc) is 2.89. The topological polar surface area (TPSA) is 33.2 Å². The molecule has 0 N–H and O–H groups in total. The number of nitrogens with zero attached hydrogens (tertiary/aromatic N) is 2. The van der Waals surface area contributed by atoms with Gasteiger partial charge >= 0.3 is 0 Å². The summed E-state index contributed by atoms with van der Waals surface area (Å²) in [6, 6.07) is 0. The van der Waals surface area contributed by atoms with Crippen molar-refractivity contribution in [3.63, 3.8) is 0 Å². The number of carbonyl (C=O) groups is 1. The molecule has 92 valence electrons. The first-order valence-corrected chi connectivity index (χ1v) is 7.85. The molecule has 2 heterocycles. The quantitative estimate of drug-likeness (QED) is 0.801. The van der Waals surface area contributed by atoms with E-state index in [9.17, 15) is 4.79 Å². The Labute approximate surface area is 113 Å². The molecule has 5 heteroatoms. The van der Waals surface area contributed by atoms with Crippen LogP contribution >= 0.6 is 27.3 Å². The first-order valence-electron chi connectivity index (χ1n) is 6.11. The highest BCUT2D eigenvalue weighted by atomic mass is 79.9. The van der Waals surface area contributed by atoms with Gasteiger partial charge < -0.3 is 4.90 Å². The summed E-state index contributed by atoms with van der Waals surface area (Å²) in [4.78, 5) is 20.1. The van der Waals surface area contributed by atoms with Gasteiger partial charge in [-0.25, -0.2) is 4.98 Å². The second-order valence-electron chi connectivity index (χ2n) is 4.72. The molecule has 0 saturated carbocycles. The third-order valence-corrected chi connectivity index (χ3v) is 5.23. The van der Waals surface area contributed by atoms with Crippen molar-refractivity contribution in [3.8, 4) is 0 Å². The average molecular weight is 315 g/mol. The largest absolute Gasteiger partial charge is 0.341 e. The molecule has 0 radical (unpaired) electrons. The lowest BCUT2D eigenvalue weighted by Gasteiger charge is -2.14. The Balaban J connectivity index is 1.58. The van der Waals surface area contributed by atoms with Gasteiger partial charge in [-0.3, -0.25) is 4.79 Å². The van der Waals surface area contributed by atoms with Crippen LogP contribution in [0.2, 0.25) is 0 Å². The van der Waals surface area contributed by atoms with Gasteiger partial charge in [-0.1, -0.05) is 15.9 Å². The fourth-order valence-electron chi connectivity index (χ4n) is 2.52. The SMILES string of the molecule is O=C1CC(Br)CN1CCc1nc2c(s1)CCC2. The Hall–Kier alpha value is -0.420. The summed E-state index contributed by atoms with van der Waals surface area (Å²) in [7, 11) is 0. The third kappa shape index (κ3) is 2.40. The molecule has 1 aliphatic carbocycles. The number of amides is 1. The van der Waals surface area contributed by atoms with Crippen molar-refractivity contribution in [2.24, 2.45) is 0 Å². The van der Waals surface area contributed by atoms with Crippen molar-refractivity contribution in [1.82, 2.24) is 9.88 Å². The van der Waals surface area contributed by atoms with Gasteiger partial charge in [0, 0.05) is 35.6 Å². The zero-order valence-electron chi connectivity index (χ0n) is 9.62. The number of hydrogen-bond donors (Lipinski definition) is 0. The molecule has 2 aliphatic rings. The summed E-state index contributed by atoms with van der Waals surface area (Å²) < 4.78 is 0. The molecule has 0 aromatic carbocycles. The fraction of sp³-hybridized carbons (Fsp3) is 0.667. The van der Waals surface area contributed by atoms with Crippen LogP contribution in [0.15, 0.2) is 0 Å². The molecule has 1 atom stereocenters. The lowest BCUT2D eigenvalue weighted by molar-refractivity contribution is -0.127. The third-order valence-electron chi connectivity index (χ3n) is 3.40. The van der Waals surface area contributed by atoms with E-state index in [0.29, 0.717) is 11.2 Å². The molecular weight excluding hydrogens is 300 g/mol. The second kappa shape index (κ2) is 4.69. The van der Waals surface area contributed by atoms with Crippen molar-refractivity contribution in [3.05, 3.63) is 15.6 Å². The lowest BCUT2D eigenvalue weighted by Crippen LogP contribution is -2.27. The Bertz CT molecular complexity index is 424. The van der Waals surface area contributed by atoms with Crippen LogP contribution in [0.5, 0.6) is 0 Å². The molecule has 1 aromatic heterocycles. The lowest BCUT2D eigenvalue weighted by atomic mass is 10.3. The standard InChI is InChI=1S/C12H15BrN2OS/c13-8-6-12(16)15(7-8)5-4-11-14-9-2-1-3-10(9)17-11/h8H,1-7H2. The number of thiazole rings is 1. The molecule has 1 amide bonds. The number of rotatable bonds is 3. The molecule has 1 saturated heterocycles. The zero-order valence-corrected chi connectivity index (χ0v) is 12.0. The maximum absolute atomic E-state index is 11.6. The number of halogens is 1. The van der Waals surface area contributed by atoms with Crippen LogP contribution in [0.3, 0.4) is 0 Å². The van der Waals surface area contributed by atoms with Gasteiger partial charge in [-0.15, -0.1) is 11.3 Å². The van der Waals surface area contributed by atoms with Gasteiger partial charge in [-0.2, -0.15) is 0 Å². The highest BCUT2D eigenvalue weighted by Gasteiger charge is 2.27. The van der Waals surface area contributed by atoms with Crippen LogP contribution in [0.4, 0.5) is 0 Å². The maximum Gasteiger partial charge on any atom is 0.223 e. The molecule has 1 fully saturated rings. The molecule has 1 aliphatic heterocycles. The monoisotopic (exact) mass is 314 g/mol. The van der Waals surface area contributed by atoms with E-state index in [4.69, 9.17) is 0 Å². The Morgan fingerprint density at radius 3 is 3.06 bits per heavy atom. The summed E-state index contributed by atoms with van der Waals surface area (Å²) in [5, 5.41) is 1.21.